The van der Waals surface area contributed by atoms with Crippen LogP contribution in [-0.2, 0) is 0 Å². The van der Waals surface area contributed by atoms with Gasteiger partial charge in [0, 0.05) is 18.4 Å². The molecule has 116 valence electrons. The van der Waals surface area contributed by atoms with Gasteiger partial charge in [0.05, 0.1) is 6.33 Å². The van der Waals surface area contributed by atoms with Gasteiger partial charge in [-0.15, -0.1) is 0 Å². The Morgan fingerprint density at radius 1 is 0.850 bits per heavy atom. The molecule has 0 aliphatic rings. The molecule has 1 atom stereocenters. The third-order valence-corrected chi connectivity index (χ3v) is 4.31. The summed E-state index contributed by atoms with van der Waals surface area (Å²) in [6.45, 7) is 4.56. The van der Waals surface area contributed by atoms with Crippen LogP contribution in [0, 0.1) is 0 Å². The van der Waals surface area contributed by atoms with E-state index in [-0.39, 0.29) is 0 Å². The van der Waals surface area contributed by atoms with Gasteiger partial charge in [-0.25, -0.2) is 4.98 Å². The molecule has 0 spiro atoms. The fourth-order valence-corrected chi connectivity index (χ4v) is 2.92. The molecule has 1 heterocycles. The SMILES string of the molecule is CCCCCCCCCCCCC(CC)n1ccnc1. The summed E-state index contributed by atoms with van der Waals surface area (Å²) in [5.41, 5.74) is 0. The van der Waals surface area contributed by atoms with E-state index in [4.69, 9.17) is 0 Å². The van der Waals surface area contributed by atoms with Crippen molar-refractivity contribution in [3.8, 4) is 0 Å². The van der Waals surface area contributed by atoms with Crippen molar-refractivity contribution in [2.75, 3.05) is 0 Å². The first kappa shape index (κ1) is 17.3. The van der Waals surface area contributed by atoms with E-state index in [9.17, 15) is 0 Å². The van der Waals surface area contributed by atoms with Crippen molar-refractivity contribution >= 4 is 0 Å². The number of hydrogen-bond donors (Lipinski definition) is 0. The van der Waals surface area contributed by atoms with Crippen molar-refractivity contribution in [2.24, 2.45) is 0 Å². The first-order chi connectivity index (χ1) is 9.88. The molecule has 0 saturated carbocycles. The van der Waals surface area contributed by atoms with Gasteiger partial charge in [-0.2, -0.15) is 0 Å². The Balaban J connectivity index is 1.91. The standard InChI is InChI=1S/C18H34N2/c1-3-5-6-7-8-9-10-11-12-13-14-18(4-2)20-16-15-19-17-20/h15-18H,3-14H2,1-2H3. The average Bonchev–Trinajstić information content (AvgIpc) is 2.99. The molecule has 0 aliphatic carbocycles. The van der Waals surface area contributed by atoms with Crippen molar-refractivity contribution in [3.63, 3.8) is 0 Å². The van der Waals surface area contributed by atoms with Gasteiger partial charge >= 0.3 is 0 Å². The summed E-state index contributed by atoms with van der Waals surface area (Å²) in [5.74, 6) is 0. The topological polar surface area (TPSA) is 17.8 Å². The predicted molar refractivity (Wildman–Crippen MR) is 88.0 cm³/mol. The molecule has 0 aromatic carbocycles. The van der Waals surface area contributed by atoms with Gasteiger partial charge in [0.25, 0.3) is 0 Å². The minimum Gasteiger partial charge on any atom is -0.334 e. The molecule has 0 amide bonds. The summed E-state index contributed by atoms with van der Waals surface area (Å²) >= 11 is 0. The van der Waals surface area contributed by atoms with Crippen LogP contribution < -0.4 is 0 Å². The highest BCUT2D eigenvalue weighted by atomic mass is 15.0. The van der Waals surface area contributed by atoms with Crippen LogP contribution in [-0.4, -0.2) is 9.55 Å². The quantitative estimate of drug-likeness (QED) is 0.396. The molecule has 20 heavy (non-hydrogen) atoms. The van der Waals surface area contributed by atoms with E-state index in [2.05, 4.69) is 29.6 Å². The molecule has 0 aliphatic heterocycles. The van der Waals surface area contributed by atoms with E-state index in [0.717, 1.165) is 0 Å². The van der Waals surface area contributed by atoms with Gasteiger partial charge in [-0.3, -0.25) is 0 Å². The van der Waals surface area contributed by atoms with Crippen molar-refractivity contribution < 1.29 is 0 Å². The van der Waals surface area contributed by atoms with E-state index in [1.54, 1.807) is 0 Å². The molecule has 1 aromatic heterocycles. The van der Waals surface area contributed by atoms with Crippen LogP contribution in [0.4, 0.5) is 0 Å². The Morgan fingerprint density at radius 2 is 1.45 bits per heavy atom. The van der Waals surface area contributed by atoms with Crippen molar-refractivity contribution in [3.05, 3.63) is 18.7 Å². The predicted octanol–water partition coefficient (Wildman–Crippen LogP) is 6.15. The maximum atomic E-state index is 4.15. The monoisotopic (exact) mass is 278 g/mol. The van der Waals surface area contributed by atoms with Crippen LogP contribution in [0.15, 0.2) is 18.7 Å². The molecule has 1 aromatic rings. The zero-order chi connectivity index (χ0) is 14.5. The van der Waals surface area contributed by atoms with E-state index in [1.165, 1.54) is 77.0 Å². The van der Waals surface area contributed by atoms with E-state index in [0.29, 0.717) is 6.04 Å². The lowest BCUT2D eigenvalue weighted by atomic mass is 10.0. The smallest absolute Gasteiger partial charge is 0.0948 e. The minimum atomic E-state index is 0.659. The fourth-order valence-electron chi connectivity index (χ4n) is 2.92. The van der Waals surface area contributed by atoms with Crippen LogP contribution in [0.5, 0.6) is 0 Å². The summed E-state index contributed by atoms with van der Waals surface area (Å²) in [6.07, 6.45) is 22.7. The molecule has 0 saturated heterocycles. The number of nitrogens with zero attached hydrogens (tertiary/aromatic N) is 2. The summed E-state index contributed by atoms with van der Waals surface area (Å²) in [6, 6.07) is 0.659. The molecule has 0 bridgehead atoms. The Kier molecular flexibility index (Phi) is 10.3. The third kappa shape index (κ3) is 7.72. The van der Waals surface area contributed by atoms with Crippen LogP contribution in [0.3, 0.4) is 0 Å². The van der Waals surface area contributed by atoms with Gasteiger partial charge in [-0.05, 0) is 12.8 Å². The van der Waals surface area contributed by atoms with Crippen molar-refractivity contribution in [1.82, 2.24) is 9.55 Å². The van der Waals surface area contributed by atoms with Crippen molar-refractivity contribution in [2.45, 2.75) is 96.9 Å². The van der Waals surface area contributed by atoms with Gasteiger partial charge in [0.2, 0.25) is 0 Å². The number of imidazole rings is 1. The number of unbranched alkanes of at least 4 members (excludes halogenated alkanes) is 9. The zero-order valence-corrected chi connectivity index (χ0v) is 13.7. The van der Waals surface area contributed by atoms with Crippen LogP contribution in [0.1, 0.15) is 96.9 Å². The van der Waals surface area contributed by atoms with Crippen LogP contribution in [0.2, 0.25) is 0 Å². The maximum Gasteiger partial charge on any atom is 0.0948 e. The minimum absolute atomic E-state index is 0.659. The van der Waals surface area contributed by atoms with Gasteiger partial charge in [0.15, 0.2) is 0 Å². The fraction of sp³-hybridized carbons (Fsp3) is 0.833. The van der Waals surface area contributed by atoms with Crippen LogP contribution >= 0.6 is 0 Å². The molecule has 2 nitrogen and oxygen atoms in total. The lowest BCUT2D eigenvalue weighted by Gasteiger charge is -2.16. The Labute approximate surface area is 126 Å². The molecule has 0 radical (unpaired) electrons. The highest BCUT2D eigenvalue weighted by Gasteiger charge is 2.06. The number of hydrogen-bond acceptors (Lipinski definition) is 1. The first-order valence-corrected chi connectivity index (χ1v) is 8.86. The third-order valence-electron chi connectivity index (χ3n) is 4.31. The first-order valence-electron chi connectivity index (χ1n) is 8.86. The van der Waals surface area contributed by atoms with E-state index >= 15 is 0 Å². The number of rotatable bonds is 13. The maximum absolute atomic E-state index is 4.15. The van der Waals surface area contributed by atoms with Gasteiger partial charge in [0.1, 0.15) is 0 Å². The van der Waals surface area contributed by atoms with Crippen molar-refractivity contribution in [1.29, 1.82) is 0 Å². The lowest BCUT2D eigenvalue weighted by molar-refractivity contribution is 0.425. The summed E-state index contributed by atoms with van der Waals surface area (Å²) in [4.78, 5) is 4.15. The summed E-state index contributed by atoms with van der Waals surface area (Å²) in [5, 5.41) is 0. The second-order valence-corrected chi connectivity index (χ2v) is 6.04. The molecular weight excluding hydrogens is 244 g/mol. The Morgan fingerprint density at radius 3 is 1.95 bits per heavy atom. The normalized spacial score (nSPS) is 12.7. The molecular formula is C18H34N2. The molecule has 0 N–H and O–H groups in total. The molecule has 2 heteroatoms. The second-order valence-electron chi connectivity index (χ2n) is 6.04. The highest BCUT2D eigenvalue weighted by molar-refractivity contribution is 4.79. The highest BCUT2D eigenvalue weighted by Crippen LogP contribution is 2.20. The second kappa shape index (κ2) is 12.0. The van der Waals surface area contributed by atoms with Gasteiger partial charge < -0.3 is 4.57 Å². The van der Waals surface area contributed by atoms with Gasteiger partial charge in [-0.1, -0.05) is 78.1 Å². The van der Waals surface area contributed by atoms with E-state index < -0.39 is 0 Å². The molecule has 1 unspecified atom stereocenters. The Bertz CT molecular complexity index is 292. The zero-order valence-electron chi connectivity index (χ0n) is 13.7. The molecule has 0 fully saturated rings. The Hall–Kier alpha value is -0.790. The van der Waals surface area contributed by atoms with Crippen LogP contribution in [0.25, 0.3) is 0 Å². The lowest BCUT2D eigenvalue weighted by Crippen LogP contribution is -2.05. The summed E-state index contributed by atoms with van der Waals surface area (Å²) in [7, 11) is 0. The van der Waals surface area contributed by atoms with E-state index in [1.807, 2.05) is 12.5 Å². The largest absolute Gasteiger partial charge is 0.334 e. The average molecular weight is 278 g/mol. The number of aromatic nitrogens is 2. The summed E-state index contributed by atoms with van der Waals surface area (Å²) < 4.78 is 2.27. The molecule has 1 rings (SSSR count).